The van der Waals surface area contributed by atoms with Crippen LogP contribution in [0.1, 0.15) is 51.0 Å². The van der Waals surface area contributed by atoms with Crippen molar-refractivity contribution in [2.24, 2.45) is 5.92 Å². The average Bonchev–Trinajstić information content (AvgIpc) is 3.42. The third-order valence-corrected chi connectivity index (χ3v) is 5.59. The highest BCUT2D eigenvalue weighted by molar-refractivity contribution is 5.80. The fourth-order valence-electron chi connectivity index (χ4n) is 3.69. The molecule has 1 aliphatic heterocycles. The van der Waals surface area contributed by atoms with E-state index in [1.54, 1.807) is 0 Å². The second-order valence-electron chi connectivity index (χ2n) is 7.41. The fourth-order valence-corrected chi connectivity index (χ4v) is 3.69. The van der Waals surface area contributed by atoms with Crippen LogP contribution in [0.2, 0.25) is 0 Å². The quantitative estimate of drug-likeness (QED) is 0.861. The molecule has 1 saturated heterocycles. The number of piperidine rings is 1. The van der Waals surface area contributed by atoms with Crippen LogP contribution in [0.15, 0.2) is 24.3 Å². The van der Waals surface area contributed by atoms with Gasteiger partial charge < -0.3 is 10.2 Å². The van der Waals surface area contributed by atoms with Crippen LogP contribution in [0.5, 0.6) is 0 Å². The van der Waals surface area contributed by atoms with Gasteiger partial charge in [0.05, 0.1) is 0 Å². The smallest absolute Gasteiger partial charge is 0.223 e. The highest BCUT2D eigenvalue weighted by Crippen LogP contribution is 2.47. The highest BCUT2D eigenvalue weighted by atomic mass is 19.1. The monoisotopic (exact) mass is 346 g/mol. The van der Waals surface area contributed by atoms with Crippen molar-refractivity contribution >= 4 is 11.8 Å². The molecule has 25 heavy (non-hydrogen) atoms. The van der Waals surface area contributed by atoms with E-state index in [0.717, 1.165) is 37.7 Å². The summed E-state index contributed by atoms with van der Waals surface area (Å²) in [4.78, 5) is 26.3. The van der Waals surface area contributed by atoms with E-state index in [1.165, 1.54) is 12.1 Å². The van der Waals surface area contributed by atoms with Gasteiger partial charge in [-0.2, -0.15) is 0 Å². The van der Waals surface area contributed by atoms with Gasteiger partial charge in [0.15, 0.2) is 0 Å². The molecule has 4 nitrogen and oxygen atoms in total. The zero-order chi connectivity index (χ0) is 17.9. The van der Waals surface area contributed by atoms with Crippen LogP contribution in [0.3, 0.4) is 0 Å². The second kappa shape index (κ2) is 7.54. The second-order valence-corrected chi connectivity index (χ2v) is 7.41. The molecule has 1 aromatic rings. The maximum absolute atomic E-state index is 13.1. The number of carbonyl (C=O) groups is 2. The minimum Gasteiger partial charge on any atom is -0.355 e. The summed E-state index contributed by atoms with van der Waals surface area (Å²) in [5.74, 6) is 0.0632. The molecule has 0 bridgehead atoms. The Morgan fingerprint density at radius 3 is 2.40 bits per heavy atom. The standard InChI is InChI=1S/C20H27FN2O2/c1-2-3-18(24)23-12-8-15(9-13-23)19(25)22-14-20(10-11-20)16-4-6-17(21)7-5-16/h4-7,15H,2-3,8-14H2,1H3,(H,22,25). The van der Waals surface area contributed by atoms with Gasteiger partial charge in [-0.05, 0) is 49.8 Å². The number of likely N-dealkylation sites (tertiary alicyclic amines) is 1. The van der Waals surface area contributed by atoms with Crippen LogP contribution in [-0.2, 0) is 15.0 Å². The Morgan fingerprint density at radius 2 is 1.84 bits per heavy atom. The normalized spacial score (nSPS) is 19.5. The average molecular weight is 346 g/mol. The number of carbonyl (C=O) groups excluding carboxylic acids is 2. The van der Waals surface area contributed by atoms with Crippen LogP contribution < -0.4 is 5.32 Å². The van der Waals surface area contributed by atoms with Crippen molar-refractivity contribution in [3.05, 3.63) is 35.6 Å². The lowest BCUT2D eigenvalue weighted by atomic mass is 9.93. The third-order valence-electron chi connectivity index (χ3n) is 5.59. The van der Waals surface area contributed by atoms with E-state index in [4.69, 9.17) is 0 Å². The van der Waals surface area contributed by atoms with E-state index in [1.807, 2.05) is 24.0 Å². The predicted octanol–water partition coefficient (Wildman–Crippen LogP) is 3.01. The van der Waals surface area contributed by atoms with Crippen molar-refractivity contribution < 1.29 is 14.0 Å². The molecule has 0 spiro atoms. The number of nitrogens with one attached hydrogen (secondary N) is 1. The summed E-state index contributed by atoms with van der Waals surface area (Å²) < 4.78 is 13.1. The van der Waals surface area contributed by atoms with Crippen LogP contribution in [0.4, 0.5) is 4.39 Å². The van der Waals surface area contributed by atoms with Crippen molar-refractivity contribution in [2.75, 3.05) is 19.6 Å². The Bertz CT molecular complexity index is 617. The highest BCUT2D eigenvalue weighted by Gasteiger charge is 2.44. The molecule has 0 radical (unpaired) electrons. The van der Waals surface area contributed by atoms with Crippen molar-refractivity contribution in [3.8, 4) is 0 Å². The van der Waals surface area contributed by atoms with Crippen molar-refractivity contribution in [2.45, 2.75) is 50.9 Å². The van der Waals surface area contributed by atoms with Gasteiger partial charge in [-0.25, -0.2) is 4.39 Å². The maximum Gasteiger partial charge on any atom is 0.223 e. The Morgan fingerprint density at radius 1 is 1.20 bits per heavy atom. The maximum atomic E-state index is 13.1. The number of rotatable bonds is 6. The van der Waals surface area contributed by atoms with Crippen LogP contribution in [0.25, 0.3) is 0 Å². The lowest BCUT2D eigenvalue weighted by Gasteiger charge is -2.31. The molecule has 1 heterocycles. The first kappa shape index (κ1) is 17.9. The van der Waals surface area contributed by atoms with Gasteiger partial charge in [-0.1, -0.05) is 19.1 Å². The van der Waals surface area contributed by atoms with E-state index in [-0.39, 0.29) is 29.0 Å². The van der Waals surface area contributed by atoms with Crippen molar-refractivity contribution in [3.63, 3.8) is 0 Å². The molecule has 136 valence electrons. The van der Waals surface area contributed by atoms with Gasteiger partial charge in [0.25, 0.3) is 0 Å². The van der Waals surface area contributed by atoms with E-state index < -0.39 is 0 Å². The first-order valence-electron chi connectivity index (χ1n) is 9.35. The number of amides is 2. The molecule has 0 unspecified atom stereocenters. The van der Waals surface area contributed by atoms with Gasteiger partial charge in [0.2, 0.25) is 11.8 Å². The number of nitrogens with zero attached hydrogens (tertiary/aromatic N) is 1. The number of benzene rings is 1. The Balaban J connectivity index is 1.47. The lowest BCUT2D eigenvalue weighted by molar-refractivity contribution is -0.135. The van der Waals surface area contributed by atoms with Crippen molar-refractivity contribution in [1.29, 1.82) is 0 Å². The minimum atomic E-state index is -0.229. The molecule has 5 heteroatoms. The number of hydrogen-bond donors (Lipinski definition) is 1. The van der Waals surface area contributed by atoms with Gasteiger partial charge in [0.1, 0.15) is 5.82 Å². The molecule has 1 N–H and O–H groups in total. The first-order valence-corrected chi connectivity index (χ1v) is 9.35. The van der Waals surface area contributed by atoms with Crippen LogP contribution in [-0.4, -0.2) is 36.3 Å². The topological polar surface area (TPSA) is 49.4 Å². The minimum absolute atomic E-state index is 0.00491. The predicted molar refractivity (Wildman–Crippen MR) is 94.5 cm³/mol. The summed E-state index contributed by atoms with van der Waals surface area (Å²) in [7, 11) is 0. The number of hydrogen-bond acceptors (Lipinski definition) is 2. The summed E-state index contributed by atoms with van der Waals surface area (Å²) in [6.07, 6.45) is 5.00. The Labute approximate surface area is 148 Å². The molecular formula is C20H27FN2O2. The summed E-state index contributed by atoms with van der Waals surface area (Å²) in [6.45, 7) is 3.99. The third kappa shape index (κ3) is 4.20. The molecule has 2 fully saturated rings. The van der Waals surface area contributed by atoms with E-state index in [9.17, 15) is 14.0 Å². The van der Waals surface area contributed by atoms with Crippen LogP contribution in [0, 0.1) is 11.7 Å². The molecule has 3 rings (SSSR count). The molecule has 1 aliphatic carbocycles. The van der Waals surface area contributed by atoms with Gasteiger partial charge in [-0.3, -0.25) is 9.59 Å². The summed E-state index contributed by atoms with van der Waals surface area (Å²) >= 11 is 0. The first-order chi connectivity index (χ1) is 12.0. The molecule has 1 aromatic carbocycles. The van der Waals surface area contributed by atoms with Gasteiger partial charge in [-0.15, -0.1) is 0 Å². The zero-order valence-corrected chi connectivity index (χ0v) is 14.9. The molecule has 1 saturated carbocycles. The fraction of sp³-hybridized carbons (Fsp3) is 0.600. The Kier molecular flexibility index (Phi) is 5.40. The van der Waals surface area contributed by atoms with Crippen LogP contribution >= 0.6 is 0 Å². The molecular weight excluding hydrogens is 319 g/mol. The number of halogens is 1. The van der Waals surface area contributed by atoms with E-state index in [0.29, 0.717) is 26.1 Å². The molecule has 2 aliphatic rings. The molecule has 0 aromatic heterocycles. The van der Waals surface area contributed by atoms with Gasteiger partial charge in [0, 0.05) is 37.4 Å². The Hall–Kier alpha value is -1.91. The van der Waals surface area contributed by atoms with E-state index >= 15 is 0 Å². The SMILES string of the molecule is CCCC(=O)N1CCC(C(=O)NCC2(c3ccc(F)cc3)CC2)CC1. The molecule has 2 amide bonds. The van der Waals surface area contributed by atoms with E-state index in [2.05, 4.69) is 5.32 Å². The summed E-state index contributed by atoms with van der Waals surface area (Å²) in [5, 5.41) is 3.10. The lowest BCUT2D eigenvalue weighted by Crippen LogP contribution is -2.44. The van der Waals surface area contributed by atoms with Crippen molar-refractivity contribution in [1.82, 2.24) is 10.2 Å². The summed E-state index contributed by atoms with van der Waals surface area (Å²) in [6, 6.07) is 6.62. The largest absolute Gasteiger partial charge is 0.355 e. The zero-order valence-electron chi connectivity index (χ0n) is 14.9. The van der Waals surface area contributed by atoms with Gasteiger partial charge >= 0.3 is 0 Å². The summed E-state index contributed by atoms with van der Waals surface area (Å²) in [5.41, 5.74) is 1.09. The molecule has 0 atom stereocenters.